The molecule has 1 saturated carbocycles. The predicted octanol–water partition coefficient (Wildman–Crippen LogP) is 3.28. The molecule has 0 bridgehead atoms. The van der Waals surface area contributed by atoms with Crippen molar-refractivity contribution in [3.05, 3.63) is 34.2 Å². The van der Waals surface area contributed by atoms with Gasteiger partial charge in [0.1, 0.15) is 0 Å². The maximum Gasteiger partial charge on any atom is 0.151 e. The summed E-state index contributed by atoms with van der Waals surface area (Å²) < 4.78 is 3.22. The molecule has 1 aliphatic carbocycles. The van der Waals surface area contributed by atoms with Crippen molar-refractivity contribution in [1.82, 2.24) is 9.38 Å². The molecule has 14 heavy (non-hydrogen) atoms. The fraction of sp³-hybridized carbons (Fsp3) is 0.364. The zero-order valence-electron chi connectivity index (χ0n) is 8.00. The van der Waals surface area contributed by atoms with Crippen LogP contribution in [-0.2, 0) is 0 Å². The number of aryl methyl sites for hydroxylation is 1. The van der Waals surface area contributed by atoms with Crippen LogP contribution in [0.5, 0.6) is 0 Å². The standard InChI is InChI=1S/C11H11BrN2/c1-7-5-14-6-9(8-2-3-8)4-10(12)11(14)13-7/h4-6,8H,2-3H2,1H3. The first-order valence-corrected chi connectivity index (χ1v) is 5.68. The van der Waals surface area contributed by atoms with Gasteiger partial charge in [0, 0.05) is 12.4 Å². The molecule has 0 N–H and O–H groups in total. The zero-order chi connectivity index (χ0) is 9.71. The monoisotopic (exact) mass is 250 g/mol. The number of halogens is 1. The normalized spacial score (nSPS) is 16.4. The van der Waals surface area contributed by atoms with Gasteiger partial charge in [-0.15, -0.1) is 0 Å². The van der Waals surface area contributed by atoms with E-state index in [-0.39, 0.29) is 0 Å². The molecule has 0 unspecified atom stereocenters. The van der Waals surface area contributed by atoms with E-state index < -0.39 is 0 Å². The van der Waals surface area contributed by atoms with Crippen LogP contribution in [0.4, 0.5) is 0 Å². The van der Waals surface area contributed by atoms with Gasteiger partial charge >= 0.3 is 0 Å². The van der Waals surface area contributed by atoms with Crippen molar-refractivity contribution in [3.8, 4) is 0 Å². The Balaban J connectivity index is 2.26. The van der Waals surface area contributed by atoms with Crippen LogP contribution in [0.3, 0.4) is 0 Å². The van der Waals surface area contributed by atoms with Crippen molar-refractivity contribution in [2.45, 2.75) is 25.7 Å². The van der Waals surface area contributed by atoms with Gasteiger partial charge in [0.05, 0.1) is 10.2 Å². The number of aromatic nitrogens is 2. The molecule has 2 aromatic rings. The van der Waals surface area contributed by atoms with Crippen LogP contribution in [0.1, 0.15) is 30.0 Å². The molecule has 72 valence electrons. The minimum absolute atomic E-state index is 0.790. The molecule has 3 rings (SSSR count). The zero-order valence-corrected chi connectivity index (χ0v) is 9.58. The Morgan fingerprint density at radius 2 is 2.21 bits per heavy atom. The van der Waals surface area contributed by atoms with Crippen LogP contribution >= 0.6 is 15.9 Å². The van der Waals surface area contributed by atoms with Crippen LogP contribution in [0.2, 0.25) is 0 Å². The van der Waals surface area contributed by atoms with E-state index in [0.29, 0.717) is 0 Å². The summed E-state index contributed by atoms with van der Waals surface area (Å²) in [7, 11) is 0. The molecule has 0 radical (unpaired) electrons. The number of pyridine rings is 1. The third-order valence-electron chi connectivity index (χ3n) is 2.70. The largest absolute Gasteiger partial charge is 0.306 e. The smallest absolute Gasteiger partial charge is 0.151 e. The van der Waals surface area contributed by atoms with E-state index in [9.17, 15) is 0 Å². The van der Waals surface area contributed by atoms with Crippen LogP contribution < -0.4 is 0 Å². The molecule has 0 aliphatic heterocycles. The Labute approximate surface area is 91.1 Å². The molecule has 0 aromatic carbocycles. The van der Waals surface area contributed by atoms with E-state index in [1.165, 1.54) is 18.4 Å². The summed E-state index contributed by atoms with van der Waals surface area (Å²) in [6, 6.07) is 2.21. The van der Waals surface area contributed by atoms with E-state index in [4.69, 9.17) is 0 Å². The van der Waals surface area contributed by atoms with Crippen molar-refractivity contribution >= 4 is 21.6 Å². The molecule has 2 nitrogen and oxygen atoms in total. The highest BCUT2D eigenvalue weighted by Gasteiger charge is 2.24. The average Bonchev–Trinajstić information content (AvgIpc) is 2.89. The van der Waals surface area contributed by atoms with Gasteiger partial charge in [-0.25, -0.2) is 4.98 Å². The van der Waals surface area contributed by atoms with E-state index in [0.717, 1.165) is 21.7 Å². The van der Waals surface area contributed by atoms with E-state index in [1.807, 2.05) is 6.92 Å². The van der Waals surface area contributed by atoms with Gasteiger partial charge in [-0.05, 0) is 53.2 Å². The predicted molar refractivity (Wildman–Crippen MR) is 59.6 cm³/mol. The minimum Gasteiger partial charge on any atom is -0.306 e. The molecular weight excluding hydrogens is 240 g/mol. The molecule has 0 spiro atoms. The Hall–Kier alpha value is -0.830. The van der Waals surface area contributed by atoms with Gasteiger partial charge < -0.3 is 4.40 Å². The second-order valence-electron chi connectivity index (χ2n) is 4.01. The Morgan fingerprint density at radius 1 is 1.43 bits per heavy atom. The maximum absolute atomic E-state index is 4.45. The maximum atomic E-state index is 4.45. The summed E-state index contributed by atoms with van der Waals surface area (Å²) in [6.07, 6.45) is 6.96. The Bertz CT molecular complexity index is 497. The second-order valence-corrected chi connectivity index (χ2v) is 4.86. The highest BCUT2D eigenvalue weighted by atomic mass is 79.9. The number of nitrogens with zero attached hydrogens (tertiary/aromatic N) is 2. The first-order chi connectivity index (χ1) is 6.74. The SMILES string of the molecule is Cc1cn2cc(C3CC3)cc(Br)c2n1. The van der Waals surface area contributed by atoms with Crippen molar-refractivity contribution in [2.24, 2.45) is 0 Å². The first-order valence-electron chi connectivity index (χ1n) is 4.89. The summed E-state index contributed by atoms with van der Waals surface area (Å²) in [5, 5.41) is 0. The van der Waals surface area contributed by atoms with Crippen molar-refractivity contribution in [2.75, 3.05) is 0 Å². The van der Waals surface area contributed by atoms with Gasteiger partial charge in [0.15, 0.2) is 5.65 Å². The minimum atomic E-state index is 0.790. The Morgan fingerprint density at radius 3 is 2.93 bits per heavy atom. The van der Waals surface area contributed by atoms with Gasteiger partial charge in [-0.3, -0.25) is 0 Å². The second kappa shape index (κ2) is 2.83. The first kappa shape index (κ1) is 8.48. The van der Waals surface area contributed by atoms with Crippen LogP contribution in [-0.4, -0.2) is 9.38 Å². The lowest BCUT2D eigenvalue weighted by molar-refractivity contribution is 1.05. The lowest BCUT2D eigenvalue weighted by atomic mass is 10.2. The van der Waals surface area contributed by atoms with Gasteiger partial charge in [0.2, 0.25) is 0 Å². The molecule has 1 fully saturated rings. The van der Waals surface area contributed by atoms with Crippen LogP contribution in [0, 0.1) is 6.92 Å². The lowest BCUT2D eigenvalue weighted by Gasteiger charge is -2.01. The summed E-state index contributed by atoms with van der Waals surface area (Å²) in [4.78, 5) is 4.45. The molecule has 0 amide bonds. The topological polar surface area (TPSA) is 17.3 Å². The van der Waals surface area contributed by atoms with Gasteiger partial charge in [-0.1, -0.05) is 0 Å². The van der Waals surface area contributed by atoms with Gasteiger partial charge in [0.25, 0.3) is 0 Å². The highest BCUT2D eigenvalue weighted by molar-refractivity contribution is 9.10. The van der Waals surface area contributed by atoms with Crippen molar-refractivity contribution in [1.29, 1.82) is 0 Å². The summed E-state index contributed by atoms with van der Waals surface area (Å²) >= 11 is 3.57. The lowest BCUT2D eigenvalue weighted by Crippen LogP contribution is -1.88. The molecule has 0 atom stereocenters. The number of hydrogen-bond donors (Lipinski definition) is 0. The molecule has 2 aromatic heterocycles. The van der Waals surface area contributed by atoms with E-state index in [2.05, 4.69) is 43.8 Å². The third-order valence-corrected chi connectivity index (χ3v) is 3.28. The van der Waals surface area contributed by atoms with Crippen LogP contribution in [0.25, 0.3) is 5.65 Å². The summed E-state index contributed by atoms with van der Waals surface area (Å²) in [6.45, 7) is 2.02. The Kier molecular flexibility index (Phi) is 1.71. The van der Waals surface area contributed by atoms with Crippen molar-refractivity contribution in [3.63, 3.8) is 0 Å². The molecule has 3 heteroatoms. The fourth-order valence-electron chi connectivity index (χ4n) is 1.84. The molecule has 2 heterocycles. The highest BCUT2D eigenvalue weighted by Crippen LogP contribution is 2.41. The van der Waals surface area contributed by atoms with E-state index in [1.54, 1.807) is 0 Å². The quantitative estimate of drug-likeness (QED) is 0.760. The van der Waals surface area contributed by atoms with Crippen molar-refractivity contribution < 1.29 is 0 Å². The summed E-state index contributed by atoms with van der Waals surface area (Å²) in [5.74, 6) is 0.790. The molecule has 1 aliphatic rings. The van der Waals surface area contributed by atoms with E-state index >= 15 is 0 Å². The molecule has 0 saturated heterocycles. The fourth-order valence-corrected chi connectivity index (χ4v) is 2.40. The number of imidazole rings is 1. The summed E-state index contributed by atoms with van der Waals surface area (Å²) in [5.41, 5.74) is 3.52. The number of rotatable bonds is 1. The average molecular weight is 251 g/mol. The van der Waals surface area contributed by atoms with Gasteiger partial charge in [-0.2, -0.15) is 0 Å². The number of hydrogen-bond acceptors (Lipinski definition) is 1. The molecular formula is C11H11BrN2. The van der Waals surface area contributed by atoms with Crippen LogP contribution in [0.15, 0.2) is 22.9 Å². The third kappa shape index (κ3) is 1.27. The number of fused-ring (bicyclic) bond motifs is 1.